The van der Waals surface area contributed by atoms with Gasteiger partial charge < -0.3 is 15.5 Å². The Morgan fingerprint density at radius 1 is 1.18 bits per heavy atom. The zero-order chi connectivity index (χ0) is 21.2. The first kappa shape index (κ1) is 21.4. The number of benzene rings is 1. The average molecular weight is 415 g/mol. The molecule has 1 atom stereocenters. The molecule has 150 valence electrons. The van der Waals surface area contributed by atoms with Crippen LogP contribution in [0.2, 0.25) is 0 Å². The van der Waals surface area contributed by atoms with Gasteiger partial charge in [0.15, 0.2) is 0 Å². The van der Waals surface area contributed by atoms with Crippen molar-refractivity contribution in [2.24, 2.45) is 0 Å². The Bertz CT molecular complexity index is 936. The number of carboxylic acid groups (broad SMARTS) is 2. The molecule has 0 aliphatic rings. The molecule has 0 fully saturated rings. The summed E-state index contributed by atoms with van der Waals surface area (Å²) >= 11 is 0.589. The van der Waals surface area contributed by atoms with Gasteiger partial charge in [-0.3, -0.25) is 4.79 Å². The first-order valence-electron chi connectivity index (χ1n) is 8.05. The smallest absolute Gasteiger partial charge is 0.416 e. The molecule has 2 rings (SSSR count). The van der Waals surface area contributed by atoms with E-state index in [9.17, 15) is 32.7 Å². The largest absolute Gasteiger partial charge is 0.478 e. The van der Waals surface area contributed by atoms with E-state index in [0.717, 1.165) is 12.1 Å². The lowest BCUT2D eigenvalue weighted by molar-refractivity contribution is -0.137. The molecule has 2 aromatic rings. The van der Waals surface area contributed by atoms with Gasteiger partial charge in [0.1, 0.15) is 9.88 Å². The van der Waals surface area contributed by atoms with Crippen molar-refractivity contribution in [2.75, 3.05) is 5.32 Å². The molecule has 0 saturated heterocycles. The van der Waals surface area contributed by atoms with Gasteiger partial charge in [-0.15, -0.1) is 11.3 Å². The summed E-state index contributed by atoms with van der Waals surface area (Å²) in [5.74, 6) is -4.44. The molecule has 10 heteroatoms. The summed E-state index contributed by atoms with van der Waals surface area (Å²) in [6.07, 6.45) is -4.41. The molecule has 0 aliphatic carbocycles. The molecule has 6 nitrogen and oxygen atoms in total. The maximum Gasteiger partial charge on any atom is 0.416 e. The number of nitrogens with one attached hydrogen (secondary N) is 1. The number of rotatable bonds is 6. The summed E-state index contributed by atoms with van der Waals surface area (Å²) in [4.78, 5) is 35.1. The number of anilines is 1. The Morgan fingerprint density at radius 3 is 2.32 bits per heavy atom. The van der Waals surface area contributed by atoms with Gasteiger partial charge in [-0.25, -0.2) is 9.59 Å². The number of aromatic carboxylic acids is 2. The van der Waals surface area contributed by atoms with Gasteiger partial charge in [0, 0.05) is 0 Å². The number of hydrogen-bond donors (Lipinski definition) is 3. The fourth-order valence-corrected chi connectivity index (χ4v) is 3.81. The number of carbonyl (C=O) groups is 3. The van der Waals surface area contributed by atoms with E-state index in [4.69, 9.17) is 5.11 Å². The van der Waals surface area contributed by atoms with E-state index < -0.39 is 35.5 Å². The van der Waals surface area contributed by atoms with E-state index in [0.29, 0.717) is 11.3 Å². The van der Waals surface area contributed by atoms with Gasteiger partial charge in [0.2, 0.25) is 5.91 Å². The van der Waals surface area contributed by atoms with Crippen LogP contribution in [0.5, 0.6) is 0 Å². The maximum atomic E-state index is 12.9. The van der Waals surface area contributed by atoms with E-state index in [2.05, 4.69) is 5.32 Å². The van der Waals surface area contributed by atoms with Crippen molar-refractivity contribution in [3.63, 3.8) is 0 Å². The van der Waals surface area contributed by atoms with Gasteiger partial charge in [0.25, 0.3) is 0 Å². The van der Waals surface area contributed by atoms with Crippen molar-refractivity contribution in [3.8, 4) is 0 Å². The van der Waals surface area contributed by atoms with Crippen LogP contribution in [0.4, 0.5) is 18.2 Å². The SMILES string of the molecule is CCC(C(=O)Nc1sc(C(=O)O)c(C)c1C(=O)O)c1cccc(C(F)(F)F)c1. The Kier molecular flexibility index (Phi) is 6.13. The quantitative estimate of drug-likeness (QED) is 0.640. The highest BCUT2D eigenvalue weighted by Crippen LogP contribution is 2.35. The lowest BCUT2D eigenvalue weighted by Gasteiger charge is -2.17. The second kappa shape index (κ2) is 8.01. The van der Waals surface area contributed by atoms with Gasteiger partial charge in [-0.05, 0) is 30.5 Å². The van der Waals surface area contributed by atoms with Crippen molar-refractivity contribution in [1.82, 2.24) is 0 Å². The summed E-state index contributed by atoms with van der Waals surface area (Å²) < 4.78 is 38.8. The van der Waals surface area contributed by atoms with E-state index >= 15 is 0 Å². The minimum Gasteiger partial charge on any atom is -0.478 e. The molecular formula is C18H16F3NO5S. The van der Waals surface area contributed by atoms with Crippen molar-refractivity contribution in [3.05, 3.63) is 51.4 Å². The van der Waals surface area contributed by atoms with E-state index in [1.165, 1.54) is 19.1 Å². The number of carboxylic acids is 2. The lowest BCUT2D eigenvalue weighted by Crippen LogP contribution is -2.21. The summed E-state index contributed by atoms with van der Waals surface area (Å²) in [7, 11) is 0. The highest BCUT2D eigenvalue weighted by atomic mass is 32.1. The van der Waals surface area contributed by atoms with Crippen molar-refractivity contribution < 1.29 is 37.8 Å². The first-order valence-corrected chi connectivity index (χ1v) is 8.87. The average Bonchev–Trinajstić information content (AvgIpc) is 2.91. The third-order valence-electron chi connectivity index (χ3n) is 4.13. The minimum absolute atomic E-state index is 0.00702. The molecule has 0 spiro atoms. The number of hydrogen-bond acceptors (Lipinski definition) is 4. The molecule has 1 unspecified atom stereocenters. The molecule has 1 aromatic heterocycles. The van der Waals surface area contributed by atoms with Gasteiger partial charge in [0.05, 0.1) is 17.0 Å². The second-order valence-electron chi connectivity index (χ2n) is 5.94. The van der Waals surface area contributed by atoms with Crippen LogP contribution in [0.3, 0.4) is 0 Å². The van der Waals surface area contributed by atoms with Crippen LogP contribution < -0.4 is 5.32 Å². The summed E-state index contributed by atoms with van der Waals surface area (Å²) in [6, 6.07) is 4.32. The Hall–Kier alpha value is -2.88. The highest BCUT2D eigenvalue weighted by Gasteiger charge is 2.32. The number of alkyl halides is 3. The van der Waals surface area contributed by atoms with Gasteiger partial charge in [-0.1, -0.05) is 25.1 Å². The first-order chi connectivity index (χ1) is 13.0. The third-order valence-corrected chi connectivity index (χ3v) is 5.33. The van der Waals surface area contributed by atoms with Crippen LogP contribution in [0, 0.1) is 6.92 Å². The molecule has 0 aliphatic heterocycles. The maximum absolute atomic E-state index is 12.9. The number of carbonyl (C=O) groups excluding carboxylic acids is 1. The van der Waals surface area contributed by atoms with Crippen LogP contribution in [0.1, 0.15) is 56.0 Å². The minimum atomic E-state index is -4.57. The number of amides is 1. The predicted octanol–water partition coefficient (Wildman–Crippen LogP) is 4.60. The monoisotopic (exact) mass is 415 g/mol. The van der Waals surface area contributed by atoms with Crippen molar-refractivity contribution >= 4 is 34.2 Å². The van der Waals surface area contributed by atoms with Crippen LogP contribution in [-0.4, -0.2) is 28.1 Å². The molecule has 1 heterocycles. The summed E-state index contributed by atoms with van der Waals surface area (Å²) in [5, 5.41) is 20.7. The Morgan fingerprint density at radius 2 is 1.82 bits per heavy atom. The van der Waals surface area contributed by atoms with Crippen LogP contribution in [-0.2, 0) is 11.0 Å². The second-order valence-corrected chi connectivity index (χ2v) is 6.96. The summed E-state index contributed by atoms with van der Waals surface area (Å²) in [6.45, 7) is 2.91. The van der Waals surface area contributed by atoms with Gasteiger partial charge >= 0.3 is 18.1 Å². The zero-order valence-electron chi connectivity index (χ0n) is 14.8. The summed E-state index contributed by atoms with van der Waals surface area (Å²) in [5.41, 5.74) is -1.14. The number of thiophene rings is 1. The van der Waals surface area contributed by atoms with Crippen LogP contribution in [0.15, 0.2) is 24.3 Å². The third kappa shape index (κ3) is 4.33. The Labute approximate surface area is 161 Å². The van der Waals surface area contributed by atoms with E-state index in [-0.39, 0.29) is 33.0 Å². The molecule has 3 N–H and O–H groups in total. The Balaban J connectivity index is 2.40. The molecule has 1 aromatic carbocycles. The number of halogens is 3. The van der Waals surface area contributed by atoms with Gasteiger partial charge in [-0.2, -0.15) is 13.2 Å². The molecule has 1 amide bonds. The van der Waals surface area contributed by atoms with E-state index in [1.54, 1.807) is 6.92 Å². The fourth-order valence-electron chi connectivity index (χ4n) is 2.77. The lowest BCUT2D eigenvalue weighted by atomic mass is 9.94. The molecule has 0 radical (unpaired) electrons. The highest BCUT2D eigenvalue weighted by molar-refractivity contribution is 7.18. The topological polar surface area (TPSA) is 104 Å². The zero-order valence-corrected chi connectivity index (χ0v) is 15.6. The van der Waals surface area contributed by atoms with Crippen molar-refractivity contribution in [1.29, 1.82) is 0 Å². The van der Waals surface area contributed by atoms with Crippen LogP contribution in [0.25, 0.3) is 0 Å². The van der Waals surface area contributed by atoms with E-state index in [1.807, 2.05) is 0 Å². The molecule has 28 heavy (non-hydrogen) atoms. The fraction of sp³-hybridized carbons (Fsp3) is 0.278. The van der Waals surface area contributed by atoms with Crippen molar-refractivity contribution in [2.45, 2.75) is 32.4 Å². The molecular weight excluding hydrogens is 399 g/mol. The molecule has 0 saturated carbocycles. The normalized spacial score (nSPS) is 12.5. The molecule has 0 bridgehead atoms. The van der Waals surface area contributed by atoms with Crippen LogP contribution >= 0.6 is 11.3 Å². The predicted molar refractivity (Wildman–Crippen MR) is 96.1 cm³/mol. The standard InChI is InChI=1S/C18H16F3NO5S/c1-3-11(9-5-4-6-10(7-9)18(19,20)21)14(23)22-15-12(16(24)25)8(2)13(28-15)17(26)27/h4-7,11H,3H2,1-2H3,(H,22,23)(H,24,25)(H,26,27).